The van der Waals surface area contributed by atoms with Crippen LogP contribution in [-0.4, -0.2) is 31.8 Å². The third-order valence-electron chi connectivity index (χ3n) is 3.14. The summed E-state index contributed by atoms with van der Waals surface area (Å²) in [6.45, 7) is 0. The summed E-state index contributed by atoms with van der Waals surface area (Å²) in [4.78, 5) is 11.4. The molecule has 3 aromatic rings. The second-order valence-corrected chi connectivity index (χ2v) is 4.73. The molecule has 2 heterocycles. The molecule has 9 heteroatoms. The van der Waals surface area contributed by atoms with Crippen molar-refractivity contribution in [2.45, 2.75) is 6.36 Å². The molecule has 0 spiro atoms. The van der Waals surface area contributed by atoms with Crippen molar-refractivity contribution in [2.75, 3.05) is 0 Å². The molecule has 0 unspecified atom stereocenters. The van der Waals surface area contributed by atoms with E-state index >= 15 is 0 Å². The van der Waals surface area contributed by atoms with Crippen molar-refractivity contribution in [3.05, 3.63) is 60.6 Å². The first-order valence-corrected chi connectivity index (χ1v) is 6.66. The lowest BCUT2D eigenvalue weighted by Gasteiger charge is -2.11. The predicted octanol–water partition coefficient (Wildman–Crippen LogP) is 3.26. The van der Waals surface area contributed by atoms with Gasteiger partial charge in [0.2, 0.25) is 0 Å². The molecule has 0 saturated heterocycles. The van der Waals surface area contributed by atoms with E-state index < -0.39 is 12.3 Å². The average Bonchev–Trinajstić information content (AvgIpc) is 3.15. The van der Waals surface area contributed by atoms with Crippen LogP contribution in [0.1, 0.15) is 10.4 Å². The van der Waals surface area contributed by atoms with Gasteiger partial charge in [-0.25, -0.2) is 9.48 Å². The lowest BCUT2D eigenvalue weighted by atomic mass is 10.3. The fourth-order valence-electron chi connectivity index (χ4n) is 2.19. The molecule has 2 aromatic heterocycles. The first kappa shape index (κ1) is 15.7. The van der Waals surface area contributed by atoms with Crippen LogP contribution in [0.5, 0.6) is 5.75 Å². The highest BCUT2D eigenvalue weighted by molar-refractivity contribution is 5.91. The molecule has 0 fully saturated rings. The molecule has 3 rings (SSSR count). The van der Waals surface area contributed by atoms with Crippen LogP contribution in [0.3, 0.4) is 0 Å². The van der Waals surface area contributed by atoms with Crippen molar-refractivity contribution in [1.82, 2.24) is 14.3 Å². The number of carboxylic acid groups (broad SMARTS) is 1. The van der Waals surface area contributed by atoms with Crippen LogP contribution in [0.4, 0.5) is 13.2 Å². The summed E-state index contributed by atoms with van der Waals surface area (Å²) in [6.07, 6.45) is -0.319. The van der Waals surface area contributed by atoms with Crippen LogP contribution in [0, 0.1) is 0 Å². The highest BCUT2D eigenvalue weighted by atomic mass is 19.4. The van der Waals surface area contributed by atoms with Gasteiger partial charge < -0.3 is 14.4 Å². The summed E-state index contributed by atoms with van der Waals surface area (Å²) in [6, 6.07) is 8.39. The summed E-state index contributed by atoms with van der Waals surface area (Å²) in [7, 11) is 0. The number of benzene rings is 1. The van der Waals surface area contributed by atoms with Crippen LogP contribution in [0.2, 0.25) is 0 Å². The number of halogens is 3. The van der Waals surface area contributed by atoms with Crippen molar-refractivity contribution in [1.29, 1.82) is 0 Å². The molecule has 0 aliphatic heterocycles. The van der Waals surface area contributed by atoms with E-state index in [1.165, 1.54) is 23.0 Å². The standard InChI is InChI=1S/C15H10F3N3O3/c16-15(17,18)24-11-5-3-10(4-6-11)21-13(20-7-1-2-8-20)12(9-19-21)14(22)23/h1-9H,(H,22,23). The second-order valence-electron chi connectivity index (χ2n) is 4.73. The Kier molecular flexibility index (Phi) is 3.76. The third-order valence-corrected chi connectivity index (χ3v) is 3.14. The van der Waals surface area contributed by atoms with E-state index in [-0.39, 0.29) is 17.1 Å². The number of ether oxygens (including phenoxy) is 1. The minimum atomic E-state index is -4.78. The van der Waals surface area contributed by atoms with Crippen LogP contribution in [0.25, 0.3) is 11.5 Å². The largest absolute Gasteiger partial charge is 0.573 e. The Bertz CT molecular complexity index is 852. The molecule has 6 nitrogen and oxygen atoms in total. The Labute approximate surface area is 133 Å². The Balaban J connectivity index is 2.02. The van der Waals surface area contributed by atoms with Crippen molar-refractivity contribution in [3.8, 4) is 17.3 Å². The van der Waals surface area contributed by atoms with E-state index in [1.807, 2.05) is 0 Å². The first-order valence-electron chi connectivity index (χ1n) is 6.66. The normalized spacial score (nSPS) is 11.5. The molecule has 0 radical (unpaired) electrons. The summed E-state index contributed by atoms with van der Waals surface area (Å²) in [5, 5.41) is 13.3. The van der Waals surface area contributed by atoms with Gasteiger partial charge in [0, 0.05) is 12.4 Å². The van der Waals surface area contributed by atoms with E-state index in [1.54, 1.807) is 29.1 Å². The lowest BCUT2D eigenvalue weighted by Crippen LogP contribution is -2.17. The molecule has 0 bridgehead atoms. The van der Waals surface area contributed by atoms with E-state index in [0.717, 1.165) is 12.1 Å². The molecule has 124 valence electrons. The number of alkyl halides is 3. The molecule has 0 aliphatic rings. The fraction of sp³-hybridized carbons (Fsp3) is 0.0667. The van der Waals surface area contributed by atoms with Gasteiger partial charge in [0.15, 0.2) is 5.82 Å². The van der Waals surface area contributed by atoms with Crippen molar-refractivity contribution < 1.29 is 27.8 Å². The average molecular weight is 337 g/mol. The zero-order valence-corrected chi connectivity index (χ0v) is 11.9. The molecule has 0 aliphatic carbocycles. The van der Waals surface area contributed by atoms with Gasteiger partial charge >= 0.3 is 12.3 Å². The van der Waals surface area contributed by atoms with Gasteiger partial charge in [-0.2, -0.15) is 5.10 Å². The number of hydrogen-bond acceptors (Lipinski definition) is 3. The summed E-state index contributed by atoms with van der Waals surface area (Å²) in [5.41, 5.74) is 0.350. The van der Waals surface area contributed by atoms with Gasteiger partial charge in [-0.1, -0.05) is 0 Å². The Morgan fingerprint density at radius 3 is 2.29 bits per heavy atom. The summed E-state index contributed by atoms with van der Waals surface area (Å²) < 4.78 is 43.3. The molecular weight excluding hydrogens is 327 g/mol. The van der Waals surface area contributed by atoms with Crippen LogP contribution >= 0.6 is 0 Å². The van der Waals surface area contributed by atoms with Crippen LogP contribution in [0.15, 0.2) is 55.0 Å². The highest BCUT2D eigenvalue weighted by Crippen LogP contribution is 2.25. The topological polar surface area (TPSA) is 69.3 Å². The second kappa shape index (κ2) is 5.76. The fourth-order valence-corrected chi connectivity index (χ4v) is 2.19. The Hall–Kier alpha value is -3.23. The van der Waals surface area contributed by atoms with Gasteiger partial charge in [0.05, 0.1) is 11.9 Å². The number of nitrogens with zero attached hydrogens (tertiary/aromatic N) is 3. The first-order chi connectivity index (χ1) is 11.3. The van der Waals surface area contributed by atoms with E-state index in [0.29, 0.717) is 5.69 Å². The molecular formula is C15H10F3N3O3. The van der Waals surface area contributed by atoms with Crippen molar-refractivity contribution >= 4 is 5.97 Å². The number of aromatic nitrogens is 3. The van der Waals surface area contributed by atoms with Gasteiger partial charge in [0.1, 0.15) is 11.3 Å². The minimum absolute atomic E-state index is 0.0400. The molecule has 24 heavy (non-hydrogen) atoms. The summed E-state index contributed by atoms with van der Waals surface area (Å²) in [5.74, 6) is -1.28. The number of rotatable bonds is 4. The Morgan fingerprint density at radius 1 is 1.12 bits per heavy atom. The maximum Gasteiger partial charge on any atom is 0.573 e. The van der Waals surface area contributed by atoms with Crippen molar-refractivity contribution in [2.24, 2.45) is 0 Å². The van der Waals surface area contributed by atoms with Crippen LogP contribution < -0.4 is 4.74 Å². The number of carboxylic acids is 1. The zero-order valence-electron chi connectivity index (χ0n) is 11.9. The van der Waals surface area contributed by atoms with E-state index in [2.05, 4.69) is 9.84 Å². The van der Waals surface area contributed by atoms with Gasteiger partial charge in [-0.3, -0.25) is 0 Å². The zero-order chi connectivity index (χ0) is 17.3. The maximum atomic E-state index is 12.2. The third kappa shape index (κ3) is 3.09. The predicted molar refractivity (Wildman–Crippen MR) is 76.5 cm³/mol. The summed E-state index contributed by atoms with van der Waals surface area (Å²) >= 11 is 0. The Morgan fingerprint density at radius 2 is 1.75 bits per heavy atom. The monoisotopic (exact) mass is 337 g/mol. The van der Waals surface area contributed by atoms with Gasteiger partial charge in [-0.15, -0.1) is 13.2 Å². The van der Waals surface area contributed by atoms with Gasteiger partial charge in [-0.05, 0) is 36.4 Å². The number of aromatic carboxylic acids is 1. The van der Waals surface area contributed by atoms with Crippen LogP contribution in [-0.2, 0) is 0 Å². The van der Waals surface area contributed by atoms with E-state index in [4.69, 9.17) is 0 Å². The molecule has 0 saturated carbocycles. The lowest BCUT2D eigenvalue weighted by molar-refractivity contribution is -0.274. The maximum absolute atomic E-state index is 12.2. The van der Waals surface area contributed by atoms with Crippen molar-refractivity contribution in [3.63, 3.8) is 0 Å². The minimum Gasteiger partial charge on any atom is -0.477 e. The molecule has 1 aromatic carbocycles. The van der Waals surface area contributed by atoms with E-state index in [9.17, 15) is 23.1 Å². The smallest absolute Gasteiger partial charge is 0.477 e. The highest BCUT2D eigenvalue weighted by Gasteiger charge is 2.31. The van der Waals surface area contributed by atoms with Gasteiger partial charge in [0.25, 0.3) is 0 Å². The number of carbonyl (C=O) groups is 1. The number of hydrogen-bond donors (Lipinski definition) is 1. The molecule has 1 N–H and O–H groups in total. The molecule has 0 atom stereocenters. The molecule has 0 amide bonds. The quantitative estimate of drug-likeness (QED) is 0.793. The SMILES string of the molecule is O=C(O)c1cnn(-c2ccc(OC(F)(F)F)cc2)c1-n1cccc1.